The average Bonchev–Trinajstić information content (AvgIpc) is 2.90. The van der Waals surface area contributed by atoms with Crippen molar-refractivity contribution in [2.45, 2.75) is 37.3 Å². The summed E-state index contributed by atoms with van der Waals surface area (Å²) >= 11 is 6.48. The molecule has 0 bridgehead atoms. The number of nitrogens with zero attached hydrogens (tertiary/aromatic N) is 1. The molecule has 0 saturated carbocycles. The molecule has 0 radical (unpaired) electrons. The van der Waals surface area contributed by atoms with E-state index in [0.29, 0.717) is 22.9 Å². The fraction of sp³-hybridized carbons (Fsp3) is 0.321. The SMILES string of the molecule is CO/N=C(/COc1ccc(Cc2cc(C3CC(O)[C@H](O)C(CO)O3)ccc2Cl)cc1)c1ccccc1. The molecule has 0 amide bonds. The fourth-order valence-electron chi connectivity index (χ4n) is 4.23. The Labute approximate surface area is 215 Å². The second-order valence-corrected chi connectivity index (χ2v) is 9.09. The summed E-state index contributed by atoms with van der Waals surface area (Å²) in [5.74, 6) is 0.705. The third kappa shape index (κ3) is 6.43. The van der Waals surface area contributed by atoms with Gasteiger partial charge in [-0.05, 0) is 41.3 Å². The van der Waals surface area contributed by atoms with E-state index >= 15 is 0 Å². The van der Waals surface area contributed by atoms with E-state index in [9.17, 15) is 15.3 Å². The Kier molecular flexibility index (Phi) is 8.96. The standard InChI is InChI=1S/C28H30ClNO6/c1-34-30-24(19-5-3-2-4-6-19)17-35-22-10-7-18(8-11-22)13-21-14-20(9-12-23(21)29)26-15-25(32)28(33)27(16-31)36-26/h2-12,14,25-28,31-33H,13,15-17H2,1H3/b30-24-/t25?,26?,27?,28-/m0/s1. The van der Waals surface area contributed by atoms with Crippen LogP contribution in [-0.4, -0.2) is 59.7 Å². The van der Waals surface area contributed by atoms with Crippen LogP contribution in [0.1, 0.15) is 34.8 Å². The Balaban J connectivity index is 1.42. The molecule has 0 aromatic heterocycles. The maximum absolute atomic E-state index is 10.2. The molecule has 4 atom stereocenters. The molecular formula is C28H30ClNO6. The molecular weight excluding hydrogens is 482 g/mol. The van der Waals surface area contributed by atoms with Crippen LogP contribution >= 0.6 is 11.6 Å². The van der Waals surface area contributed by atoms with Gasteiger partial charge in [0.25, 0.3) is 0 Å². The Bertz CT molecular complexity index is 1150. The minimum absolute atomic E-state index is 0.238. The van der Waals surface area contributed by atoms with Gasteiger partial charge < -0.3 is 29.6 Å². The minimum Gasteiger partial charge on any atom is -0.487 e. The zero-order valence-corrected chi connectivity index (χ0v) is 20.7. The Hall–Kier alpha value is -2.94. The molecule has 7 nitrogen and oxygen atoms in total. The van der Waals surface area contributed by atoms with Gasteiger partial charge in [0.1, 0.15) is 37.4 Å². The molecule has 1 saturated heterocycles. The highest BCUT2D eigenvalue weighted by molar-refractivity contribution is 6.31. The van der Waals surface area contributed by atoms with Gasteiger partial charge in [0.05, 0.1) is 18.8 Å². The molecule has 8 heteroatoms. The third-order valence-electron chi connectivity index (χ3n) is 6.19. The Morgan fingerprint density at radius 3 is 2.50 bits per heavy atom. The number of halogens is 1. The number of ether oxygens (including phenoxy) is 2. The second-order valence-electron chi connectivity index (χ2n) is 8.69. The van der Waals surface area contributed by atoms with Crippen LogP contribution in [0.25, 0.3) is 0 Å². The highest BCUT2D eigenvalue weighted by atomic mass is 35.5. The predicted octanol–water partition coefficient (Wildman–Crippen LogP) is 3.90. The topological polar surface area (TPSA) is 101 Å². The largest absolute Gasteiger partial charge is 0.487 e. The minimum atomic E-state index is -1.11. The lowest BCUT2D eigenvalue weighted by Crippen LogP contribution is -2.47. The van der Waals surface area contributed by atoms with Crippen molar-refractivity contribution in [3.8, 4) is 5.75 Å². The predicted molar refractivity (Wildman–Crippen MR) is 138 cm³/mol. The Morgan fingerprint density at radius 2 is 1.81 bits per heavy atom. The first-order valence-electron chi connectivity index (χ1n) is 11.8. The summed E-state index contributed by atoms with van der Waals surface area (Å²) in [6, 6.07) is 23.1. The fourth-order valence-corrected chi connectivity index (χ4v) is 4.41. The third-order valence-corrected chi connectivity index (χ3v) is 6.56. The smallest absolute Gasteiger partial charge is 0.134 e. The lowest BCUT2D eigenvalue weighted by atomic mass is 9.92. The summed E-state index contributed by atoms with van der Waals surface area (Å²) in [6.45, 7) is -0.102. The number of oxime groups is 1. The van der Waals surface area contributed by atoms with Gasteiger partial charge in [-0.1, -0.05) is 71.4 Å². The number of aliphatic hydroxyl groups is 3. The first kappa shape index (κ1) is 26.1. The highest BCUT2D eigenvalue weighted by Crippen LogP contribution is 2.34. The molecule has 36 heavy (non-hydrogen) atoms. The summed E-state index contributed by atoms with van der Waals surface area (Å²) in [5, 5.41) is 34.3. The Morgan fingerprint density at radius 1 is 1.06 bits per heavy atom. The van der Waals surface area contributed by atoms with Gasteiger partial charge in [-0.25, -0.2) is 0 Å². The molecule has 3 N–H and O–H groups in total. The van der Waals surface area contributed by atoms with Crippen molar-refractivity contribution in [1.29, 1.82) is 0 Å². The van der Waals surface area contributed by atoms with Crippen molar-refractivity contribution >= 4 is 17.3 Å². The lowest BCUT2D eigenvalue weighted by Gasteiger charge is -2.36. The number of hydrogen-bond donors (Lipinski definition) is 3. The second kappa shape index (κ2) is 12.3. The maximum Gasteiger partial charge on any atom is 0.134 e. The van der Waals surface area contributed by atoms with Gasteiger partial charge in [-0.3, -0.25) is 0 Å². The monoisotopic (exact) mass is 511 g/mol. The van der Waals surface area contributed by atoms with Crippen molar-refractivity contribution in [1.82, 2.24) is 0 Å². The van der Waals surface area contributed by atoms with Crippen LogP contribution < -0.4 is 4.74 Å². The van der Waals surface area contributed by atoms with E-state index < -0.39 is 24.4 Å². The van der Waals surface area contributed by atoms with E-state index in [4.69, 9.17) is 25.9 Å². The molecule has 1 aliphatic rings. The van der Waals surface area contributed by atoms with E-state index in [1.807, 2.05) is 66.7 Å². The molecule has 0 aliphatic carbocycles. The van der Waals surface area contributed by atoms with Crippen molar-refractivity contribution < 1.29 is 29.6 Å². The molecule has 3 aromatic rings. The summed E-state index contributed by atoms with van der Waals surface area (Å²) < 4.78 is 11.7. The zero-order chi connectivity index (χ0) is 25.5. The van der Waals surface area contributed by atoms with E-state index in [1.165, 1.54) is 7.11 Å². The average molecular weight is 512 g/mol. The molecule has 190 valence electrons. The molecule has 4 rings (SSSR count). The molecule has 3 unspecified atom stereocenters. The number of rotatable bonds is 9. The van der Waals surface area contributed by atoms with Gasteiger partial charge in [-0.15, -0.1) is 0 Å². The van der Waals surface area contributed by atoms with Crippen LogP contribution in [0.4, 0.5) is 0 Å². The van der Waals surface area contributed by atoms with Crippen LogP contribution in [0.15, 0.2) is 78.0 Å². The first-order chi connectivity index (χ1) is 17.5. The van der Waals surface area contributed by atoms with Crippen LogP contribution in [0.2, 0.25) is 5.02 Å². The maximum atomic E-state index is 10.2. The van der Waals surface area contributed by atoms with E-state index in [2.05, 4.69) is 5.16 Å². The van der Waals surface area contributed by atoms with E-state index in [-0.39, 0.29) is 19.6 Å². The van der Waals surface area contributed by atoms with Crippen LogP contribution in [-0.2, 0) is 16.0 Å². The van der Waals surface area contributed by atoms with Crippen molar-refractivity contribution in [2.75, 3.05) is 20.3 Å². The van der Waals surface area contributed by atoms with Gasteiger partial charge in [0.15, 0.2) is 0 Å². The van der Waals surface area contributed by atoms with Gasteiger partial charge in [0, 0.05) is 17.0 Å². The molecule has 1 heterocycles. The van der Waals surface area contributed by atoms with E-state index in [1.54, 1.807) is 6.07 Å². The normalized spacial score (nSPS) is 22.3. The van der Waals surface area contributed by atoms with E-state index in [0.717, 1.165) is 22.3 Å². The van der Waals surface area contributed by atoms with Crippen LogP contribution in [0.3, 0.4) is 0 Å². The quantitative estimate of drug-likeness (QED) is 0.297. The lowest BCUT2D eigenvalue weighted by molar-refractivity contribution is -0.181. The number of benzene rings is 3. The zero-order valence-electron chi connectivity index (χ0n) is 20.0. The summed E-state index contributed by atoms with van der Waals surface area (Å²) in [4.78, 5) is 4.97. The first-order valence-corrected chi connectivity index (χ1v) is 12.1. The van der Waals surface area contributed by atoms with Crippen LogP contribution in [0.5, 0.6) is 5.75 Å². The molecule has 1 fully saturated rings. The van der Waals surface area contributed by atoms with Crippen LogP contribution in [0, 0.1) is 0 Å². The van der Waals surface area contributed by atoms with Crippen molar-refractivity contribution in [3.63, 3.8) is 0 Å². The summed E-state index contributed by atoms with van der Waals surface area (Å²) in [7, 11) is 1.51. The van der Waals surface area contributed by atoms with Crippen molar-refractivity contribution in [3.05, 3.63) is 100 Å². The van der Waals surface area contributed by atoms with Gasteiger partial charge in [-0.2, -0.15) is 0 Å². The summed E-state index contributed by atoms with van der Waals surface area (Å²) in [6.07, 6.45) is -2.52. The molecule has 1 aliphatic heterocycles. The number of hydrogen-bond acceptors (Lipinski definition) is 7. The molecule has 0 spiro atoms. The number of aliphatic hydroxyl groups excluding tert-OH is 3. The van der Waals surface area contributed by atoms with Gasteiger partial charge >= 0.3 is 0 Å². The molecule has 3 aromatic carbocycles. The van der Waals surface area contributed by atoms with Gasteiger partial charge in [0.2, 0.25) is 0 Å². The van der Waals surface area contributed by atoms with Crippen molar-refractivity contribution in [2.24, 2.45) is 5.16 Å². The highest BCUT2D eigenvalue weighted by Gasteiger charge is 2.37. The summed E-state index contributed by atoms with van der Waals surface area (Å²) in [5.41, 5.74) is 4.41.